The van der Waals surface area contributed by atoms with Gasteiger partial charge in [-0.25, -0.2) is 8.42 Å². The van der Waals surface area contributed by atoms with Crippen LogP contribution in [0.25, 0.3) is 0 Å². The van der Waals surface area contributed by atoms with E-state index < -0.39 is 34.2 Å². The molecule has 39 heavy (non-hydrogen) atoms. The van der Waals surface area contributed by atoms with Gasteiger partial charge in [-0.2, -0.15) is 13.2 Å². The molecule has 1 fully saturated rings. The molecule has 1 N–H and O–H groups in total. The number of carbonyl (C=O) groups is 1. The van der Waals surface area contributed by atoms with Crippen molar-refractivity contribution < 1.29 is 26.4 Å². The van der Waals surface area contributed by atoms with Gasteiger partial charge in [0.2, 0.25) is 5.91 Å². The number of hydrogen-bond donors (Lipinski definition) is 1. The topological polar surface area (TPSA) is 69.7 Å². The molecule has 0 aromatic heterocycles. The molecule has 208 valence electrons. The molecule has 1 amide bonds. The molecule has 3 aromatic rings. The van der Waals surface area contributed by atoms with Gasteiger partial charge in [0, 0.05) is 25.3 Å². The number of hydrogen-bond acceptors (Lipinski definition) is 4. The first-order valence-corrected chi connectivity index (χ1v) is 14.2. The number of rotatable bonds is 8. The number of anilines is 2. The maximum Gasteiger partial charge on any atom is 0.416 e. The third-order valence-corrected chi connectivity index (χ3v) is 8.59. The van der Waals surface area contributed by atoms with Crippen molar-refractivity contribution in [3.8, 4) is 0 Å². The second-order valence-corrected chi connectivity index (χ2v) is 11.9. The van der Waals surface area contributed by atoms with Crippen molar-refractivity contribution in [3.05, 3.63) is 89.5 Å². The first-order chi connectivity index (χ1) is 18.4. The molecule has 6 nitrogen and oxygen atoms in total. The minimum atomic E-state index is -4.67. The molecule has 0 spiro atoms. The lowest BCUT2D eigenvalue weighted by atomic mass is 9.99. The van der Waals surface area contributed by atoms with Crippen molar-refractivity contribution in [2.75, 3.05) is 28.8 Å². The zero-order chi connectivity index (χ0) is 28.2. The van der Waals surface area contributed by atoms with Gasteiger partial charge in [0.1, 0.15) is 6.54 Å². The Kier molecular flexibility index (Phi) is 8.54. The summed E-state index contributed by atoms with van der Waals surface area (Å²) < 4.78 is 67.8. The van der Waals surface area contributed by atoms with E-state index in [4.69, 9.17) is 0 Å². The van der Waals surface area contributed by atoms with Gasteiger partial charge in [-0.1, -0.05) is 42.8 Å². The number of benzene rings is 3. The highest BCUT2D eigenvalue weighted by Crippen LogP contribution is 2.33. The normalized spacial score (nSPS) is 16.1. The Balaban J connectivity index is 1.51. The Labute approximate surface area is 227 Å². The van der Waals surface area contributed by atoms with Gasteiger partial charge in [0.25, 0.3) is 10.0 Å². The van der Waals surface area contributed by atoms with Crippen LogP contribution in [0.1, 0.15) is 36.5 Å². The first kappa shape index (κ1) is 28.5. The summed E-state index contributed by atoms with van der Waals surface area (Å²) in [7, 11) is -4.33. The summed E-state index contributed by atoms with van der Waals surface area (Å²) in [6, 6.07) is 17.7. The van der Waals surface area contributed by atoms with Gasteiger partial charge in [0.15, 0.2) is 0 Å². The van der Waals surface area contributed by atoms with E-state index in [1.807, 2.05) is 24.3 Å². The second kappa shape index (κ2) is 11.7. The van der Waals surface area contributed by atoms with Crippen molar-refractivity contribution in [1.29, 1.82) is 0 Å². The minimum Gasteiger partial charge on any atom is -0.371 e. The van der Waals surface area contributed by atoms with Gasteiger partial charge in [-0.3, -0.25) is 9.10 Å². The average molecular weight is 560 g/mol. The Bertz CT molecular complexity index is 1390. The number of alkyl halides is 3. The molecule has 1 saturated heterocycles. The van der Waals surface area contributed by atoms with Crippen LogP contribution in [0, 0.1) is 12.8 Å². The number of amides is 1. The summed E-state index contributed by atoms with van der Waals surface area (Å²) in [5.74, 6) is -0.00861. The molecule has 0 radical (unpaired) electrons. The van der Waals surface area contributed by atoms with E-state index in [0.717, 1.165) is 54.5 Å². The van der Waals surface area contributed by atoms with E-state index in [0.29, 0.717) is 10.2 Å². The monoisotopic (exact) mass is 559 g/mol. The van der Waals surface area contributed by atoms with Crippen LogP contribution in [-0.2, 0) is 27.5 Å². The van der Waals surface area contributed by atoms with Crippen LogP contribution in [0.3, 0.4) is 0 Å². The lowest BCUT2D eigenvalue weighted by Gasteiger charge is -2.32. The second-order valence-electron chi connectivity index (χ2n) is 10.0. The highest BCUT2D eigenvalue weighted by Gasteiger charge is 2.33. The van der Waals surface area contributed by atoms with Crippen LogP contribution in [0.4, 0.5) is 24.5 Å². The van der Waals surface area contributed by atoms with Gasteiger partial charge >= 0.3 is 6.18 Å². The van der Waals surface area contributed by atoms with Crippen LogP contribution < -0.4 is 14.5 Å². The van der Waals surface area contributed by atoms with E-state index in [-0.39, 0.29) is 17.1 Å². The van der Waals surface area contributed by atoms with Gasteiger partial charge in [0.05, 0.1) is 16.1 Å². The number of nitrogens with one attached hydrogen (secondary N) is 1. The van der Waals surface area contributed by atoms with Crippen LogP contribution in [0.5, 0.6) is 0 Å². The largest absolute Gasteiger partial charge is 0.416 e. The van der Waals surface area contributed by atoms with Crippen molar-refractivity contribution in [1.82, 2.24) is 5.32 Å². The fourth-order valence-electron chi connectivity index (χ4n) is 4.63. The van der Waals surface area contributed by atoms with Gasteiger partial charge in [-0.05, 0) is 73.7 Å². The van der Waals surface area contributed by atoms with Crippen LogP contribution in [-0.4, -0.2) is 34.0 Å². The molecular weight excluding hydrogens is 527 g/mol. The molecule has 0 aliphatic carbocycles. The fraction of sp³-hybridized carbons (Fsp3) is 0.345. The van der Waals surface area contributed by atoms with Crippen molar-refractivity contribution in [2.45, 2.75) is 44.3 Å². The summed E-state index contributed by atoms with van der Waals surface area (Å²) in [4.78, 5) is 15.1. The number of halogens is 3. The zero-order valence-electron chi connectivity index (χ0n) is 21.9. The Morgan fingerprint density at radius 3 is 2.38 bits per heavy atom. The molecule has 1 heterocycles. The molecule has 10 heteroatoms. The SMILES string of the molecule is Cc1ccc(S(=O)(=O)N(CC(=O)NCc2ccc(N3CCCC(C)C3)cc2)c2cccc(C(F)(F)F)c2)cc1. The maximum absolute atomic E-state index is 13.5. The summed E-state index contributed by atoms with van der Waals surface area (Å²) in [6.07, 6.45) is -2.30. The molecule has 1 unspecified atom stereocenters. The van der Waals surface area contributed by atoms with Gasteiger partial charge in [-0.15, -0.1) is 0 Å². The molecular formula is C29H32F3N3O3S. The van der Waals surface area contributed by atoms with E-state index in [1.165, 1.54) is 24.6 Å². The molecule has 0 saturated carbocycles. The van der Waals surface area contributed by atoms with Crippen LogP contribution in [0.15, 0.2) is 77.7 Å². The predicted octanol–water partition coefficient (Wildman–Crippen LogP) is 5.76. The van der Waals surface area contributed by atoms with Crippen LogP contribution >= 0.6 is 0 Å². The maximum atomic E-state index is 13.5. The molecule has 4 rings (SSSR count). The molecule has 1 aliphatic heterocycles. The molecule has 1 atom stereocenters. The Hall–Kier alpha value is -3.53. The van der Waals surface area contributed by atoms with E-state index in [9.17, 15) is 26.4 Å². The highest BCUT2D eigenvalue weighted by atomic mass is 32.2. The average Bonchev–Trinajstić information content (AvgIpc) is 2.90. The quantitative estimate of drug-likeness (QED) is 0.381. The van der Waals surface area contributed by atoms with Crippen molar-refractivity contribution >= 4 is 27.3 Å². The number of aryl methyl sites for hydroxylation is 1. The third kappa shape index (κ3) is 7.11. The van der Waals surface area contributed by atoms with Crippen molar-refractivity contribution in [2.24, 2.45) is 5.92 Å². The summed E-state index contributed by atoms with van der Waals surface area (Å²) >= 11 is 0. The molecule has 1 aliphatic rings. The van der Waals surface area contributed by atoms with E-state index >= 15 is 0 Å². The number of carbonyl (C=O) groups excluding carboxylic acids is 1. The van der Waals surface area contributed by atoms with E-state index in [2.05, 4.69) is 17.1 Å². The highest BCUT2D eigenvalue weighted by molar-refractivity contribution is 7.92. The number of piperidine rings is 1. The summed E-state index contributed by atoms with van der Waals surface area (Å²) in [5.41, 5.74) is 1.49. The summed E-state index contributed by atoms with van der Waals surface area (Å²) in [5, 5.41) is 2.70. The molecule has 0 bridgehead atoms. The zero-order valence-corrected chi connectivity index (χ0v) is 22.7. The fourth-order valence-corrected chi connectivity index (χ4v) is 6.04. The number of sulfonamides is 1. The predicted molar refractivity (Wildman–Crippen MR) is 146 cm³/mol. The van der Waals surface area contributed by atoms with E-state index in [1.54, 1.807) is 19.1 Å². The van der Waals surface area contributed by atoms with Crippen LogP contribution in [0.2, 0.25) is 0 Å². The first-order valence-electron chi connectivity index (χ1n) is 12.8. The smallest absolute Gasteiger partial charge is 0.371 e. The van der Waals surface area contributed by atoms with Gasteiger partial charge < -0.3 is 10.2 Å². The lowest BCUT2D eigenvalue weighted by Crippen LogP contribution is -2.40. The molecule has 3 aromatic carbocycles. The number of nitrogens with zero attached hydrogens (tertiary/aromatic N) is 2. The lowest BCUT2D eigenvalue weighted by molar-refractivity contribution is -0.137. The Morgan fingerprint density at radius 2 is 1.74 bits per heavy atom. The Morgan fingerprint density at radius 1 is 1.05 bits per heavy atom. The minimum absolute atomic E-state index is 0.124. The van der Waals surface area contributed by atoms with Crippen molar-refractivity contribution in [3.63, 3.8) is 0 Å². The third-order valence-electron chi connectivity index (χ3n) is 6.81. The summed E-state index contributed by atoms with van der Waals surface area (Å²) in [6.45, 7) is 5.49. The standard InChI is InChI=1S/C29H32F3N3O3S/c1-21-8-14-27(15-9-21)39(37,38)35(26-7-3-6-24(17-26)29(30,31)32)20-28(36)33-18-23-10-12-25(13-11-23)34-16-4-5-22(2)19-34/h3,6-15,17,22H,4-5,16,18-20H2,1-2H3,(H,33,36).